The van der Waals surface area contributed by atoms with Crippen LogP contribution in [0, 0.1) is 0 Å². The number of phosphoric ester groups is 1. The number of hydrogen-bond acceptors (Lipinski definition) is 7. The summed E-state index contributed by atoms with van der Waals surface area (Å²) in [6.45, 7) is 12.8. The van der Waals surface area contributed by atoms with Crippen molar-refractivity contribution >= 4 is 19.8 Å². The molecular formula is C12H15O8P. The van der Waals surface area contributed by atoms with Crippen molar-refractivity contribution in [3.63, 3.8) is 0 Å². The summed E-state index contributed by atoms with van der Waals surface area (Å²) in [4.78, 5) is 31.4. The summed E-state index contributed by atoms with van der Waals surface area (Å²) in [6, 6.07) is 0. The van der Waals surface area contributed by atoms with Crippen LogP contribution in [-0.4, -0.2) is 29.4 Å². The Balaban J connectivity index is 4.74. The molecule has 0 aliphatic heterocycles. The van der Waals surface area contributed by atoms with Crippen LogP contribution in [0.3, 0.4) is 0 Å². The Bertz CT molecular complexity index is 444. The number of rotatable bonds is 10. The molecule has 0 saturated carbocycles. The summed E-state index contributed by atoms with van der Waals surface area (Å²) in [5, 5.41) is 0. The van der Waals surface area contributed by atoms with E-state index in [9.17, 15) is 19.0 Å². The fraction of sp³-hybridized carbons (Fsp3) is 0.167. The third kappa shape index (κ3) is 8.01. The number of carbonyl (C=O) groups excluding carboxylic acids is 2. The van der Waals surface area contributed by atoms with E-state index in [1.165, 1.54) is 0 Å². The standard InChI is InChI=1S/C12H15O8P/c1-5-9(13)17-11(7-3)19-21(15,16)20-12(8-4)18-10(14)6-2/h5-8,11-12H,1-4H2,(H,15,16). The maximum atomic E-state index is 11.7. The van der Waals surface area contributed by atoms with Gasteiger partial charge in [0.1, 0.15) is 0 Å². The van der Waals surface area contributed by atoms with Gasteiger partial charge in [-0.2, -0.15) is 0 Å². The molecule has 0 amide bonds. The monoisotopic (exact) mass is 318 g/mol. The first-order valence-corrected chi connectivity index (χ1v) is 6.88. The van der Waals surface area contributed by atoms with Crippen LogP contribution in [0.5, 0.6) is 0 Å². The lowest BCUT2D eigenvalue weighted by Crippen LogP contribution is -2.21. The molecule has 0 bridgehead atoms. The molecule has 8 nitrogen and oxygen atoms in total. The Morgan fingerprint density at radius 3 is 1.48 bits per heavy atom. The lowest BCUT2D eigenvalue weighted by atomic mass is 10.6. The van der Waals surface area contributed by atoms with E-state index in [1.54, 1.807) is 0 Å². The molecule has 0 fully saturated rings. The van der Waals surface area contributed by atoms with Crippen molar-refractivity contribution in [2.45, 2.75) is 12.6 Å². The Labute approximate surface area is 121 Å². The van der Waals surface area contributed by atoms with Gasteiger partial charge in [-0.05, 0) is 12.2 Å². The van der Waals surface area contributed by atoms with Crippen LogP contribution < -0.4 is 0 Å². The smallest absolute Gasteiger partial charge is 0.428 e. The molecule has 0 aliphatic carbocycles. The number of phosphoric acid groups is 1. The van der Waals surface area contributed by atoms with E-state index in [1.807, 2.05) is 0 Å². The van der Waals surface area contributed by atoms with Crippen molar-refractivity contribution in [2.24, 2.45) is 0 Å². The molecule has 0 aromatic heterocycles. The molecule has 2 unspecified atom stereocenters. The maximum Gasteiger partial charge on any atom is 0.479 e. The van der Waals surface area contributed by atoms with E-state index in [0.29, 0.717) is 0 Å². The number of hydrogen-bond donors (Lipinski definition) is 1. The van der Waals surface area contributed by atoms with Gasteiger partial charge in [-0.1, -0.05) is 26.3 Å². The van der Waals surface area contributed by atoms with Crippen molar-refractivity contribution < 1.29 is 37.6 Å². The van der Waals surface area contributed by atoms with Crippen molar-refractivity contribution in [1.29, 1.82) is 0 Å². The molecule has 0 spiro atoms. The van der Waals surface area contributed by atoms with Crippen LogP contribution in [0.25, 0.3) is 0 Å². The predicted molar refractivity (Wildman–Crippen MR) is 72.5 cm³/mol. The fourth-order valence-electron chi connectivity index (χ4n) is 0.838. The molecule has 0 aromatic carbocycles. The first-order valence-electron chi connectivity index (χ1n) is 5.38. The van der Waals surface area contributed by atoms with Gasteiger partial charge >= 0.3 is 19.8 Å². The van der Waals surface area contributed by atoms with Crippen LogP contribution in [0.2, 0.25) is 0 Å². The summed E-state index contributed by atoms with van der Waals surface area (Å²) < 4.78 is 29.8. The van der Waals surface area contributed by atoms with Crippen LogP contribution in [0.1, 0.15) is 0 Å². The lowest BCUT2D eigenvalue weighted by Gasteiger charge is -2.20. The Kier molecular flexibility index (Phi) is 8.18. The van der Waals surface area contributed by atoms with E-state index in [0.717, 1.165) is 24.3 Å². The van der Waals surface area contributed by atoms with Gasteiger partial charge in [0.15, 0.2) is 0 Å². The Morgan fingerprint density at radius 2 is 1.24 bits per heavy atom. The van der Waals surface area contributed by atoms with Crippen LogP contribution in [0.15, 0.2) is 50.6 Å². The molecule has 0 radical (unpaired) electrons. The lowest BCUT2D eigenvalue weighted by molar-refractivity contribution is -0.158. The predicted octanol–water partition coefficient (Wildman–Crippen LogP) is 1.60. The van der Waals surface area contributed by atoms with Crippen molar-refractivity contribution in [3.05, 3.63) is 50.6 Å². The molecule has 9 heteroatoms. The van der Waals surface area contributed by atoms with Gasteiger partial charge in [0.05, 0.1) is 0 Å². The second kappa shape index (κ2) is 9.04. The first kappa shape index (κ1) is 19.0. The molecule has 2 atom stereocenters. The highest BCUT2D eigenvalue weighted by molar-refractivity contribution is 7.47. The molecule has 0 aliphatic rings. The van der Waals surface area contributed by atoms with Gasteiger partial charge in [0.2, 0.25) is 12.6 Å². The average molecular weight is 318 g/mol. The molecule has 21 heavy (non-hydrogen) atoms. The van der Waals surface area contributed by atoms with Gasteiger partial charge < -0.3 is 14.4 Å². The minimum absolute atomic E-state index is 0.821. The second-order valence-electron chi connectivity index (χ2n) is 3.17. The number of carbonyl (C=O) groups is 2. The summed E-state index contributed by atoms with van der Waals surface area (Å²) in [5.74, 6) is -1.81. The van der Waals surface area contributed by atoms with Crippen LogP contribution in [0.4, 0.5) is 0 Å². The number of esters is 2. The highest BCUT2D eigenvalue weighted by Crippen LogP contribution is 2.46. The highest BCUT2D eigenvalue weighted by atomic mass is 31.2. The minimum Gasteiger partial charge on any atom is -0.428 e. The third-order valence-corrected chi connectivity index (χ3v) is 2.61. The third-order valence-electron chi connectivity index (χ3n) is 1.66. The summed E-state index contributed by atoms with van der Waals surface area (Å²) in [5.41, 5.74) is 0. The van der Waals surface area contributed by atoms with Gasteiger partial charge in [-0.3, -0.25) is 0 Å². The molecule has 116 valence electrons. The van der Waals surface area contributed by atoms with Gasteiger partial charge in [0, 0.05) is 12.2 Å². The van der Waals surface area contributed by atoms with Gasteiger partial charge in [-0.25, -0.2) is 23.2 Å². The Morgan fingerprint density at radius 1 is 0.905 bits per heavy atom. The van der Waals surface area contributed by atoms with E-state index in [4.69, 9.17) is 0 Å². The first-order chi connectivity index (χ1) is 9.77. The van der Waals surface area contributed by atoms with Crippen molar-refractivity contribution in [3.8, 4) is 0 Å². The molecule has 0 heterocycles. The Hall–Kier alpha value is -1.99. The van der Waals surface area contributed by atoms with Crippen molar-refractivity contribution in [2.75, 3.05) is 0 Å². The largest absolute Gasteiger partial charge is 0.479 e. The van der Waals surface area contributed by atoms with Crippen LogP contribution >= 0.6 is 7.82 Å². The van der Waals surface area contributed by atoms with Crippen molar-refractivity contribution in [1.82, 2.24) is 0 Å². The van der Waals surface area contributed by atoms with E-state index in [-0.39, 0.29) is 0 Å². The summed E-state index contributed by atoms with van der Waals surface area (Å²) in [6.07, 6.45) is 0.389. The summed E-state index contributed by atoms with van der Waals surface area (Å²) in [7, 11) is -4.74. The zero-order valence-corrected chi connectivity index (χ0v) is 11.9. The normalized spacial score (nSPS) is 15.7. The van der Waals surface area contributed by atoms with E-state index in [2.05, 4.69) is 44.8 Å². The minimum atomic E-state index is -4.74. The van der Waals surface area contributed by atoms with E-state index >= 15 is 0 Å². The molecular weight excluding hydrogens is 303 g/mol. The van der Waals surface area contributed by atoms with Crippen LogP contribution in [-0.2, 0) is 32.7 Å². The maximum absolute atomic E-state index is 11.7. The highest BCUT2D eigenvalue weighted by Gasteiger charge is 2.31. The van der Waals surface area contributed by atoms with E-state index < -0.39 is 32.3 Å². The SMILES string of the molecule is C=CC(=O)OC(C=C)OP(=O)(O)OC(C=C)OC(=O)C=C. The molecule has 1 N–H and O–H groups in total. The zero-order chi connectivity index (χ0) is 16.5. The number of ether oxygens (including phenoxy) is 2. The second-order valence-corrected chi connectivity index (χ2v) is 4.53. The fourth-order valence-corrected chi connectivity index (χ4v) is 1.67. The van der Waals surface area contributed by atoms with Gasteiger partial charge in [0.25, 0.3) is 0 Å². The molecule has 0 aromatic rings. The molecule has 0 saturated heterocycles. The zero-order valence-electron chi connectivity index (χ0n) is 11.0. The quantitative estimate of drug-likeness (QED) is 0.213. The average Bonchev–Trinajstić information content (AvgIpc) is 2.44. The van der Waals surface area contributed by atoms with Gasteiger partial charge in [-0.15, -0.1) is 0 Å². The topological polar surface area (TPSA) is 108 Å². The molecule has 0 rings (SSSR count). The summed E-state index contributed by atoms with van der Waals surface area (Å²) >= 11 is 0.